The van der Waals surface area contributed by atoms with Crippen molar-refractivity contribution in [2.24, 2.45) is 0 Å². The van der Waals surface area contributed by atoms with E-state index in [1.807, 2.05) is 32.9 Å². The summed E-state index contributed by atoms with van der Waals surface area (Å²) in [5.74, 6) is 0. The summed E-state index contributed by atoms with van der Waals surface area (Å²) < 4.78 is 0. The molecular weight excluding hydrogens is 174 g/mol. The molecular formula is C11H15N3. The van der Waals surface area contributed by atoms with Gasteiger partial charge in [0.25, 0.3) is 0 Å². The maximum atomic E-state index is 5.72. The summed E-state index contributed by atoms with van der Waals surface area (Å²) in [6.45, 7) is 5.95. The number of aryl methyl sites for hydroxylation is 1. The quantitative estimate of drug-likeness (QED) is 0.648. The van der Waals surface area contributed by atoms with Crippen LogP contribution in [0.1, 0.15) is 19.4 Å². The highest BCUT2D eigenvalue weighted by Crippen LogP contribution is 2.18. The van der Waals surface area contributed by atoms with E-state index in [9.17, 15) is 0 Å². The van der Waals surface area contributed by atoms with E-state index in [1.165, 1.54) is 0 Å². The van der Waals surface area contributed by atoms with Gasteiger partial charge in [0.2, 0.25) is 0 Å². The fourth-order valence-corrected chi connectivity index (χ4v) is 1.19. The first-order valence-electron chi connectivity index (χ1n) is 4.75. The van der Waals surface area contributed by atoms with Crippen LogP contribution in [0.3, 0.4) is 0 Å². The largest absolute Gasteiger partial charge is 0.398 e. The Labute approximate surface area is 84.0 Å². The van der Waals surface area contributed by atoms with Crippen molar-refractivity contribution in [2.45, 2.75) is 20.8 Å². The zero-order valence-electron chi connectivity index (χ0n) is 8.78. The SMILES string of the molecule is CC.Cc1c(N)ccc2nccnc12. The van der Waals surface area contributed by atoms with Gasteiger partial charge in [-0.25, -0.2) is 0 Å². The Balaban J connectivity index is 0.000000461. The molecule has 0 atom stereocenters. The lowest BCUT2D eigenvalue weighted by Gasteiger charge is -2.02. The summed E-state index contributed by atoms with van der Waals surface area (Å²) in [7, 11) is 0. The summed E-state index contributed by atoms with van der Waals surface area (Å²) in [4.78, 5) is 8.36. The van der Waals surface area contributed by atoms with Gasteiger partial charge in [-0.3, -0.25) is 9.97 Å². The minimum absolute atomic E-state index is 0.767. The first-order valence-corrected chi connectivity index (χ1v) is 4.75. The molecule has 74 valence electrons. The van der Waals surface area contributed by atoms with Gasteiger partial charge in [-0.2, -0.15) is 0 Å². The normalized spacial score (nSPS) is 9.36. The van der Waals surface area contributed by atoms with Crippen LogP contribution in [0.15, 0.2) is 24.5 Å². The molecule has 0 amide bonds. The summed E-state index contributed by atoms with van der Waals surface area (Å²) >= 11 is 0. The number of aromatic nitrogens is 2. The Morgan fingerprint density at radius 2 is 1.71 bits per heavy atom. The van der Waals surface area contributed by atoms with Crippen molar-refractivity contribution in [3.05, 3.63) is 30.1 Å². The van der Waals surface area contributed by atoms with E-state index in [4.69, 9.17) is 5.73 Å². The maximum absolute atomic E-state index is 5.72. The van der Waals surface area contributed by atoms with Crippen LogP contribution in [0.25, 0.3) is 11.0 Å². The molecule has 14 heavy (non-hydrogen) atoms. The van der Waals surface area contributed by atoms with Crippen molar-refractivity contribution in [1.29, 1.82) is 0 Å². The smallest absolute Gasteiger partial charge is 0.0936 e. The fraction of sp³-hybridized carbons (Fsp3) is 0.273. The Hall–Kier alpha value is -1.64. The van der Waals surface area contributed by atoms with E-state index in [0.29, 0.717) is 0 Å². The third-order valence-corrected chi connectivity index (χ3v) is 1.94. The monoisotopic (exact) mass is 189 g/mol. The summed E-state index contributed by atoms with van der Waals surface area (Å²) in [6, 6.07) is 3.73. The lowest BCUT2D eigenvalue weighted by Crippen LogP contribution is -1.92. The zero-order valence-corrected chi connectivity index (χ0v) is 8.78. The average molecular weight is 189 g/mol. The fourth-order valence-electron chi connectivity index (χ4n) is 1.19. The molecule has 2 N–H and O–H groups in total. The predicted octanol–water partition coefficient (Wildman–Crippen LogP) is 2.55. The first kappa shape index (κ1) is 10.4. The number of benzene rings is 1. The van der Waals surface area contributed by atoms with Gasteiger partial charge in [0.05, 0.1) is 11.0 Å². The molecule has 2 rings (SSSR count). The van der Waals surface area contributed by atoms with E-state index in [1.54, 1.807) is 12.4 Å². The molecule has 0 radical (unpaired) electrons. The zero-order chi connectivity index (χ0) is 10.6. The van der Waals surface area contributed by atoms with E-state index in [-0.39, 0.29) is 0 Å². The molecule has 0 spiro atoms. The highest BCUT2D eigenvalue weighted by molar-refractivity contribution is 5.82. The molecule has 2 aromatic rings. The predicted molar refractivity (Wildman–Crippen MR) is 60.0 cm³/mol. The summed E-state index contributed by atoms with van der Waals surface area (Å²) in [5.41, 5.74) is 9.26. The second kappa shape index (κ2) is 4.56. The Morgan fingerprint density at radius 1 is 1.07 bits per heavy atom. The average Bonchev–Trinajstić information content (AvgIpc) is 2.27. The molecule has 1 aromatic carbocycles. The molecule has 3 heteroatoms. The van der Waals surface area contributed by atoms with Crippen molar-refractivity contribution >= 4 is 16.7 Å². The van der Waals surface area contributed by atoms with Crippen LogP contribution in [0, 0.1) is 6.92 Å². The van der Waals surface area contributed by atoms with E-state index in [2.05, 4.69) is 9.97 Å². The van der Waals surface area contributed by atoms with Gasteiger partial charge in [-0.15, -0.1) is 0 Å². The molecule has 0 aliphatic rings. The number of nitrogens with zero attached hydrogens (tertiary/aromatic N) is 2. The minimum atomic E-state index is 0.767. The number of anilines is 1. The third-order valence-electron chi connectivity index (χ3n) is 1.94. The lowest BCUT2D eigenvalue weighted by molar-refractivity contribution is 1.27. The second-order valence-electron chi connectivity index (χ2n) is 2.70. The van der Waals surface area contributed by atoms with Crippen molar-refractivity contribution in [2.75, 3.05) is 5.73 Å². The van der Waals surface area contributed by atoms with Gasteiger partial charge in [0.1, 0.15) is 0 Å². The summed E-state index contributed by atoms with van der Waals surface area (Å²) in [5, 5.41) is 0. The van der Waals surface area contributed by atoms with Crippen LogP contribution < -0.4 is 5.73 Å². The van der Waals surface area contributed by atoms with E-state index < -0.39 is 0 Å². The number of fused-ring (bicyclic) bond motifs is 1. The molecule has 0 bridgehead atoms. The number of hydrogen-bond donors (Lipinski definition) is 1. The molecule has 0 saturated carbocycles. The lowest BCUT2D eigenvalue weighted by atomic mass is 10.1. The minimum Gasteiger partial charge on any atom is -0.398 e. The molecule has 1 aromatic heterocycles. The van der Waals surface area contributed by atoms with E-state index in [0.717, 1.165) is 22.3 Å². The molecule has 0 aliphatic carbocycles. The Kier molecular flexibility index (Phi) is 3.40. The van der Waals surface area contributed by atoms with Crippen LogP contribution in [-0.4, -0.2) is 9.97 Å². The van der Waals surface area contributed by atoms with Gasteiger partial charge in [-0.05, 0) is 24.6 Å². The van der Waals surface area contributed by atoms with Gasteiger partial charge < -0.3 is 5.73 Å². The highest BCUT2D eigenvalue weighted by Gasteiger charge is 2.00. The molecule has 3 nitrogen and oxygen atoms in total. The van der Waals surface area contributed by atoms with Crippen LogP contribution >= 0.6 is 0 Å². The van der Waals surface area contributed by atoms with Gasteiger partial charge >= 0.3 is 0 Å². The number of nitrogens with two attached hydrogens (primary N) is 1. The summed E-state index contributed by atoms with van der Waals surface area (Å²) in [6.07, 6.45) is 3.35. The van der Waals surface area contributed by atoms with Gasteiger partial charge in [0.15, 0.2) is 0 Å². The molecule has 0 unspecified atom stereocenters. The highest BCUT2D eigenvalue weighted by atomic mass is 14.8. The van der Waals surface area contributed by atoms with Crippen molar-refractivity contribution in [3.63, 3.8) is 0 Å². The van der Waals surface area contributed by atoms with Gasteiger partial charge in [0, 0.05) is 18.1 Å². The molecule has 0 fully saturated rings. The van der Waals surface area contributed by atoms with Crippen LogP contribution in [0.2, 0.25) is 0 Å². The molecule has 0 saturated heterocycles. The standard InChI is InChI=1S/C9H9N3.C2H6/c1-6-7(10)2-3-8-9(6)12-5-4-11-8;1-2/h2-5H,10H2,1H3;1-2H3. The second-order valence-corrected chi connectivity index (χ2v) is 2.70. The van der Waals surface area contributed by atoms with E-state index >= 15 is 0 Å². The number of rotatable bonds is 0. The first-order chi connectivity index (χ1) is 6.79. The third kappa shape index (κ3) is 1.82. The maximum Gasteiger partial charge on any atom is 0.0936 e. The molecule has 0 aliphatic heterocycles. The van der Waals surface area contributed by atoms with Crippen LogP contribution in [-0.2, 0) is 0 Å². The van der Waals surface area contributed by atoms with Crippen molar-refractivity contribution < 1.29 is 0 Å². The number of nitrogen functional groups attached to an aromatic ring is 1. The van der Waals surface area contributed by atoms with Crippen LogP contribution in [0.4, 0.5) is 5.69 Å². The van der Waals surface area contributed by atoms with Crippen molar-refractivity contribution in [1.82, 2.24) is 9.97 Å². The Morgan fingerprint density at radius 3 is 2.43 bits per heavy atom. The van der Waals surface area contributed by atoms with Crippen LogP contribution in [0.5, 0.6) is 0 Å². The van der Waals surface area contributed by atoms with Crippen molar-refractivity contribution in [3.8, 4) is 0 Å². The molecule has 1 heterocycles. The Bertz CT molecular complexity index is 424. The number of hydrogen-bond acceptors (Lipinski definition) is 3. The van der Waals surface area contributed by atoms with Gasteiger partial charge in [-0.1, -0.05) is 13.8 Å². The topological polar surface area (TPSA) is 51.8 Å².